The molecule has 0 aromatic carbocycles. The van der Waals surface area contributed by atoms with Gasteiger partial charge < -0.3 is 15.1 Å². The highest BCUT2D eigenvalue weighted by Crippen LogP contribution is 2.13. The molecule has 0 unspecified atom stereocenters. The van der Waals surface area contributed by atoms with Crippen LogP contribution in [0.1, 0.15) is 128 Å². The van der Waals surface area contributed by atoms with Gasteiger partial charge in [-0.15, -0.1) is 11.6 Å². The number of alkyl halides is 1. The van der Waals surface area contributed by atoms with Crippen LogP contribution >= 0.6 is 11.6 Å². The van der Waals surface area contributed by atoms with E-state index in [0.29, 0.717) is 18.7 Å². The second-order valence-corrected chi connectivity index (χ2v) is 9.56. The summed E-state index contributed by atoms with van der Waals surface area (Å²) in [7, 11) is 0. The molecule has 6 heteroatoms. The molecule has 2 N–H and O–H groups in total. The van der Waals surface area contributed by atoms with Crippen molar-refractivity contribution in [1.82, 2.24) is 4.90 Å². The summed E-state index contributed by atoms with van der Waals surface area (Å²) in [6, 6.07) is 0. The second-order valence-electron chi connectivity index (χ2n) is 9.18. The summed E-state index contributed by atoms with van der Waals surface area (Å²) in [6.45, 7) is 3.32. The first kappa shape index (κ1) is 31.2. The molecule has 0 fully saturated rings. The number of carboxylic acids is 2. The molecule has 0 amide bonds. The van der Waals surface area contributed by atoms with Crippen LogP contribution in [0.3, 0.4) is 0 Å². The zero-order valence-corrected chi connectivity index (χ0v) is 21.3. The van der Waals surface area contributed by atoms with Gasteiger partial charge in [-0.3, -0.25) is 9.59 Å². The molecule has 32 heavy (non-hydrogen) atoms. The van der Waals surface area contributed by atoms with Crippen LogP contribution in [-0.2, 0) is 9.59 Å². The lowest BCUT2D eigenvalue weighted by Crippen LogP contribution is -2.28. The molecule has 0 spiro atoms. The molecule has 0 saturated heterocycles. The summed E-state index contributed by atoms with van der Waals surface area (Å²) in [6.07, 6.45) is 22.1. The minimum Gasteiger partial charge on any atom is -0.481 e. The summed E-state index contributed by atoms with van der Waals surface area (Å²) in [4.78, 5) is 23.5. The minimum atomic E-state index is -0.675. The Bertz CT molecular complexity index is 398. The normalized spacial score (nSPS) is 11.3. The zero-order valence-electron chi connectivity index (χ0n) is 20.5. The van der Waals surface area contributed by atoms with Gasteiger partial charge in [-0.25, -0.2) is 0 Å². The van der Waals surface area contributed by atoms with Gasteiger partial charge in [0.2, 0.25) is 0 Å². The molecule has 0 rings (SSSR count). The van der Waals surface area contributed by atoms with E-state index in [9.17, 15) is 9.59 Å². The average molecular weight is 476 g/mol. The monoisotopic (exact) mass is 475 g/mol. The van der Waals surface area contributed by atoms with Crippen molar-refractivity contribution in [2.24, 2.45) is 0 Å². The fourth-order valence-electron chi connectivity index (χ4n) is 4.15. The molecule has 0 heterocycles. The summed E-state index contributed by atoms with van der Waals surface area (Å²) >= 11 is 5.99. The molecule has 0 aliphatic carbocycles. The Morgan fingerprint density at radius 1 is 0.469 bits per heavy atom. The molecular weight excluding hydrogens is 426 g/mol. The molecule has 0 aliphatic rings. The molecule has 0 aliphatic heterocycles. The Morgan fingerprint density at radius 3 is 1.03 bits per heavy atom. The van der Waals surface area contributed by atoms with Gasteiger partial charge in [0, 0.05) is 25.3 Å². The highest BCUT2D eigenvalue weighted by atomic mass is 35.5. The first-order valence-corrected chi connectivity index (χ1v) is 13.8. The third kappa shape index (κ3) is 25.5. The van der Waals surface area contributed by atoms with Crippen LogP contribution in [0.25, 0.3) is 0 Å². The number of carbonyl (C=O) groups is 2. The Morgan fingerprint density at radius 2 is 0.750 bits per heavy atom. The summed E-state index contributed by atoms with van der Waals surface area (Å²) < 4.78 is 0. The molecule has 0 bridgehead atoms. The maximum atomic E-state index is 10.5. The largest absolute Gasteiger partial charge is 0.481 e. The van der Waals surface area contributed by atoms with Crippen molar-refractivity contribution in [3.63, 3.8) is 0 Å². The van der Waals surface area contributed by atoms with Crippen molar-refractivity contribution < 1.29 is 19.8 Å². The Balaban J connectivity index is 3.44. The second kappa shape index (κ2) is 24.8. The van der Waals surface area contributed by atoms with E-state index in [0.717, 1.165) is 45.3 Å². The first-order chi connectivity index (χ1) is 15.6. The van der Waals surface area contributed by atoms with Gasteiger partial charge in [0.15, 0.2) is 0 Å². The van der Waals surface area contributed by atoms with Gasteiger partial charge in [0.05, 0.1) is 0 Å². The molecule has 0 saturated carbocycles. The lowest BCUT2D eigenvalue weighted by molar-refractivity contribution is -0.138. The van der Waals surface area contributed by atoms with Crippen LogP contribution in [-0.4, -0.2) is 52.6 Å². The quantitative estimate of drug-likeness (QED) is 0.0999. The van der Waals surface area contributed by atoms with Crippen molar-refractivity contribution >= 4 is 23.5 Å². The van der Waals surface area contributed by atoms with Crippen LogP contribution < -0.4 is 0 Å². The average Bonchev–Trinajstić information content (AvgIpc) is 2.75. The number of aliphatic carboxylic acids is 2. The third-order valence-corrected chi connectivity index (χ3v) is 6.30. The highest BCUT2D eigenvalue weighted by molar-refractivity contribution is 6.18. The van der Waals surface area contributed by atoms with Crippen LogP contribution in [0.5, 0.6) is 0 Å². The summed E-state index contributed by atoms with van der Waals surface area (Å²) in [5, 5.41) is 17.2. The SMILES string of the molecule is O=C(O)CCCCCCCCCCCN(CCCl)CCCCCCCCCCCC(=O)O. The van der Waals surface area contributed by atoms with E-state index in [2.05, 4.69) is 4.90 Å². The zero-order chi connectivity index (χ0) is 23.7. The molecule has 5 nitrogen and oxygen atoms in total. The van der Waals surface area contributed by atoms with E-state index in [1.165, 1.54) is 89.9 Å². The number of rotatable bonds is 26. The van der Waals surface area contributed by atoms with Crippen LogP contribution in [0.4, 0.5) is 0 Å². The minimum absolute atomic E-state index is 0.316. The Kier molecular flexibility index (Phi) is 24.2. The molecule has 0 atom stereocenters. The first-order valence-electron chi connectivity index (χ1n) is 13.3. The smallest absolute Gasteiger partial charge is 0.303 e. The maximum absolute atomic E-state index is 10.5. The van der Waals surface area contributed by atoms with E-state index in [1.807, 2.05) is 0 Å². The van der Waals surface area contributed by atoms with Gasteiger partial charge in [0.1, 0.15) is 0 Å². The fourth-order valence-corrected chi connectivity index (χ4v) is 4.39. The molecule has 190 valence electrons. The number of hydrogen-bond acceptors (Lipinski definition) is 3. The van der Waals surface area contributed by atoms with Crippen molar-refractivity contribution in [3.8, 4) is 0 Å². The van der Waals surface area contributed by atoms with Crippen LogP contribution in [0.15, 0.2) is 0 Å². The number of nitrogens with zero attached hydrogens (tertiary/aromatic N) is 1. The standard InChI is InChI=1S/C26H50ClNO4/c27-21-24-28(22-17-13-9-5-1-3-7-11-15-19-25(29)30)23-18-14-10-6-2-4-8-12-16-20-26(31)32/h1-24H2,(H,29,30)(H,31,32). The fraction of sp³-hybridized carbons (Fsp3) is 0.923. The van der Waals surface area contributed by atoms with Gasteiger partial charge in [-0.2, -0.15) is 0 Å². The van der Waals surface area contributed by atoms with E-state index >= 15 is 0 Å². The van der Waals surface area contributed by atoms with Crippen molar-refractivity contribution in [2.75, 3.05) is 25.5 Å². The number of halogens is 1. The van der Waals surface area contributed by atoms with E-state index in [-0.39, 0.29) is 0 Å². The van der Waals surface area contributed by atoms with E-state index in [4.69, 9.17) is 21.8 Å². The number of hydrogen-bond donors (Lipinski definition) is 2. The summed E-state index contributed by atoms with van der Waals surface area (Å²) in [5.41, 5.74) is 0. The summed E-state index contributed by atoms with van der Waals surface area (Å²) in [5.74, 6) is -0.637. The van der Waals surface area contributed by atoms with Gasteiger partial charge in [-0.1, -0.05) is 89.9 Å². The maximum Gasteiger partial charge on any atom is 0.303 e. The predicted octanol–water partition coefficient (Wildman–Crippen LogP) is 7.50. The van der Waals surface area contributed by atoms with Gasteiger partial charge in [0.25, 0.3) is 0 Å². The lowest BCUT2D eigenvalue weighted by Gasteiger charge is -2.21. The van der Waals surface area contributed by atoms with E-state index < -0.39 is 11.9 Å². The Hall–Kier alpha value is -0.810. The number of unbranched alkanes of at least 4 members (excludes halogenated alkanes) is 16. The molecular formula is C26H50ClNO4. The van der Waals surface area contributed by atoms with Gasteiger partial charge in [-0.05, 0) is 38.8 Å². The van der Waals surface area contributed by atoms with Crippen molar-refractivity contribution in [2.45, 2.75) is 128 Å². The number of carboxylic acid groups (broad SMARTS) is 2. The topological polar surface area (TPSA) is 77.8 Å². The molecule has 0 aromatic rings. The highest BCUT2D eigenvalue weighted by Gasteiger charge is 2.04. The van der Waals surface area contributed by atoms with Crippen molar-refractivity contribution in [3.05, 3.63) is 0 Å². The van der Waals surface area contributed by atoms with Gasteiger partial charge >= 0.3 is 11.9 Å². The molecule has 0 aromatic heterocycles. The van der Waals surface area contributed by atoms with Crippen molar-refractivity contribution in [1.29, 1.82) is 0 Å². The predicted molar refractivity (Wildman–Crippen MR) is 135 cm³/mol. The van der Waals surface area contributed by atoms with E-state index in [1.54, 1.807) is 0 Å². The van der Waals surface area contributed by atoms with Crippen LogP contribution in [0.2, 0.25) is 0 Å². The lowest BCUT2D eigenvalue weighted by atomic mass is 10.1. The molecule has 0 radical (unpaired) electrons. The third-order valence-electron chi connectivity index (χ3n) is 6.13. The Labute approximate surface area is 202 Å². The van der Waals surface area contributed by atoms with Crippen LogP contribution in [0, 0.1) is 0 Å².